The van der Waals surface area contributed by atoms with Crippen molar-refractivity contribution in [1.82, 2.24) is 9.97 Å². The molecule has 0 unspecified atom stereocenters. The highest BCUT2D eigenvalue weighted by molar-refractivity contribution is 5.83. The van der Waals surface area contributed by atoms with Crippen LogP contribution in [0.5, 0.6) is 5.75 Å². The Labute approximate surface area is 96.7 Å². The number of hydrogen-bond acceptors (Lipinski definition) is 5. The summed E-state index contributed by atoms with van der Waals surface area (Å²) in [5.74, 6) is 0.372. The van der Waals surface area contributed by atoms with Crippen LogP contribution in [0.3, 0.4) is 0 Å². The monoisotopic (exact) mass is 230 g/mol. The summed E-state index contributed by atoms with van der Waals surface area (Å²) in [6.07, 6.45) is 2.80. The molecule has 1 aromatic heterocycles. The van der Waals surface area contributed by atoms with Crippen LogP contribution < -0.4 is 11.0 Å². The Kier molecular flexibility index (Phi) is 3.15. The standard InChI is InChI=1S/C11H10N4O2/c16-9-4-2-1-3-8(9)7-13-15-11-12-6-5-10(17)14-11/h1-7,16H,(H2,12,14,15,17)/b13-7+. The number of aromatic nitrogens is 2. The number of benzene rings is 1. The molecule has 0 aliphatic carbocycles. The minimum Gasteiger partial charge on any atom is -0.507 e. The molecule has 0 amide bonds. The van der Waals surface area contributed by atoms with Crippen molar-refractivity contribution in [3.8, 4) is 5.75 Å². The second-order valence-corrected chi connectivity index (χ2v) is 3.21. The van der Waals surface area contributed by atoms with Crippen LogP contribution in [0.2, 0.25) is 0 Å². The molecule has 86 valence electrons. The number of aromatic hydroxyl groups is 1. The van der Waals surface area contributed by atoms with Gasteiger partial charge in [-0.15, -0.1) is 0 Å². The van der Waals surface area contributed by atoms with Crippen LogP contribution in [-0.4, -0.2) is 21.3 Å². The number of phenols is 1. The molecule has 0 aliphatic heterocycles. The SMILES string of the molecule is O=c1ccnc(N/N=C/c2ccccc2O)[nH]1. The molecule has 17 heavy (non-hydrogen) atoms. The van der Waals surface area contributed by atoms with Crippen LogP contribution in [0.4, 0.5) is 5.95 Å². The van der Waals surface area contributed by atoms with Crippen molar-refractivity contribution in [2.24, 2.45) is 5.10 Å². The van der Waals surface area contributed by atoms with Gasteiger partial charge in [0.05, 0.1) is 6.21 Å². The summed E-state index contributed by atoms with van der Waals surface area (Å²) in [5, 5.41) is 13.3. The average Bonchev–Trinajstić information content (AvgIpc) is 2.32. The molecule has 0 saturated heterocycles. The molecule has 6 nitrogen and oxygen atoms in total. The Morgan fingerprint density at radius 3 is 2.94 bits per heavy atom. The number of aromatic amines is 1. The Morgan fingerprint density at radius 1 is 1.35 bits per heavy atom. The normalized spacial score (nSPS) is 10.6. The van der Waals surface area contributed by atoms with Gasteiger partial charge in [-0.2, -0.15) is 5.10 Å². The largest absolute Gasteiger partial charge is 0.507 e. The van der Waals surface area contributed by atoms with Gasteiger partial charge in [0, 0.05) is 17.8 Å². The number of H-pyrrole nitrogens is 1. The molecule has 0 fully saturated rings. The van der Waals surface area contributed by atoms with Gasteiger partial charge >= 0.3 is 0 Å². The Morgan fingerprint density at radius 2 is 2.18 bits per heavy atom. The summed E-state index contributed by atoms with van der Waals surface area (Å²) >= 11 is 0. The summed E-state index contributed by atoms with van der Waals surface area (Å²) < 4.78 is 0. The van der Waals surface area contributed by atoms with Crippen LogP contribution in [0, 0.1) is 0 Å². The first-order valence-electron chi connectivity index (χ1n) is 4.88. The van der Waals surface area contributed by atoms with Crippen molar-refractivity contribution in [2.75, 3.05) is 5.43 Å². The van der Waals surface area contributed by atoms with Gasteiger partial charge in [0.25, 0.3) is 5.56 Å². The van der Waals surface area contributed by atoms with Crippen LogP contribution in [0.1, 0.15) is 5.56 Å². The van der Waals surface area contributed by atoms with Crippen molar-refractivity contribution < 1.29 is 5.11 Å². The van der Waals surface area contributed by atoms with Crippen molar-refractivity contribution in [3.63, 3.8) is 0 Å². The van der Waals surface area contributed by atoms with Crippen molar-refractivity contribution in [2.45, 2.75) is 0 Å². The zero-order valence-electron chi connectivity index (χ0n) is 8.79. The lowest BCUT2D eigenvalue weighted by Gasteiger charge is -1.98. The van der Waals surface area contributed by atoms with E-state index in [2.05, 4.69) is 20.5 Å². The quantitative estimate of drug-likeness (QED) is 0.540. The van der Waals surface area contributed by atoms with Gasteiger partial charge in [-0.05, 0) is 12.1 Å². The summed E-state index contributed by atoms with van der Waals surface area (Å²) in [7, 11) is 0. The third-order valence-corrected chi connectivity index (χ3v) is 1.98. The number of rotatable bonds is 3. The van der Waals surface area contributed by atoms with E-state index in [1.807, 2.05) is 0 Å². The molecule has 1 heterocycles. The summed E-state index contributed by atoms with van der Waals surface area (Å²) in [6, 6.07) is 8.07. The summed E-state index contributed by atoms with van der Waals surface area (Å²) in [4.78, 5) is 17.3. The zero-order chi connectivity index (χ0) is 12.1. The van der Waals surface area contributed by atoms with E-state index in [4.69, 9.17) is 0 Å². The first-order chi connectivity index (χ1) is 8.25. The second-order valence-electron chi connectivity index (χ2n) is 3.21. The van der Waals surface area contributed by atoms with Crippen LogP contribution in [-0.2, 0) is 0 Å². The highest BCUT2D eigenvalue weighted by Gasteiger charge is 1.95. The van der Waals surface area contributed by atoms with Crippen LogP contribution in [0.25, 0.3) is 0 Å². The Hall–Kier alpha value is -2.63. The molecule has 0 atom stereocenters. The number of hydrazone groups is 1. The highest BCUT2D eigenvalue weighted by Crippen LogP contribution is 2.12. The van der Waals surface area contributed by atoms with E-state index in [1.165, 1.54) is 18.5 Å². The van der Waals surface area contributed by atoms with E-state index in [0.717, 1.165) is 0 Å². The van der Waals surface area contributed by atoms with E-state index < -0.39 is 0 Å². The predicted molar refractivity (Wildman–Crippen MR) is 64.2 cm³/mol. The summed E-state index contributed by atoms with van der Waals surface area (Å²) in [5.41, 5.74) is 2.86. The lowest BCUT2D eigenvalue weighted by Crippen LogP contribution is -2.07. The Bertz CT molecular complexity index is 592. The van der Waals surface area contributed by atoms with Gasteiger partial charge in [0.1, 0.15) is 5.75 Å². The number of phenolic OH excluding ortho intramolecular Hbond substituents is 1. The zero-order valence-corrected chi connectivity index (χ0v) is 8.79. The van der Waals surface area contributed by atoms with E-state index in [0.29, 0.717) is 5.56 Å². The first kappa shape index (κ1) is 10.9. The fourth-order valence-corrected chi connectivity index (χ4v) is 1.19. The maximum atomic E-state index is 11.0. The average molecular weight is 230 g/mol. The molecule has 6 heteroatoms. The third kappa shape index (κ3) is 2.91. The fourth-order valence-electron chi connectivity index (χ4n) is 1.19. The Balaban J connectivity index is 2.08. The van der Waals surface area contributed by atoms with Crippen molar-refractivity contribution in [1.29, 1.82) is 0 Å². The fraction of sp³-hybridized carbons (Fsp3) is 0. The number of para-hydroxylation sites is 1. The molecular formula is C11H10N4O2. The molecule has 0 radical (unpaired) electrons. The molecule has 0 bridgehead atoms. The van der Waals surface area contributed by atoms with Crippen LogP contribution in [0.15, 0.2) is 46.4 Å². The molecule has 2 rings (SSSR count). The number of hydrogen-bond donors (Lipinski definition) is 3. The van der Waals surface area contributed by atoms with Gasteiger partial charge in [-0.3, -0.25) is 9.78 Å². The topological polar surface area (TPSA) is 90.4 Å². The molecule has 0 saturated carbocycles. The van der Waals surface area contributed by atoms with Gasteiger partial charge in [0.15, 0.2) is 0 Å². The number of nitrogens with zero attached hydrogens (tertiary/aromatic N) is 2. The van der Waals surface area contributed by atoms with Crippen molar-refractivity contribution >= 4 is 12.2 Å². The molecular weight excluding hydrogens is 220 g/mol. The molecule has 3 N–H and O–H groups in total. The number of anilines is 1. The highest BCUT2D eigenvalue weighted by atomic mass is 16.3. The van der Waals surface area contributed by atoms with E-state index >= 15 is 0 Å². The lowest BCUT2D eigenvalue weighted by molar-refractivity contribution is 0.474. The van der Waals surface area contributed by atoms with E-state index in [-0.39, 0.29) is 17.3 Å². The van der Waals surface area contributed by atoms with Crippen molar-refractivity contribution in [3.05, 3.63) is 52.4 Å². The van der Waals surface area contributed by atoms with Gasteiger partial charge in [0.2, 0.25) is 5.95 Å². The van der Waals surface area contributed by atoms with Gasteiger partial charge in [-0.25, -0.2) is 10.4 Å². The maximum absolute atomic E-state index is 11.0. The molecule has 0 spiro atoms. The maximum Gasteiger partial charge on any atom is 0.252 e. The minimum atomic E-state index is -0.264. The molecule has 2 aromatic rings. The van der Waals surface area contributed by atoms with E-state index in [1.54, 1.807) is 24.3 Å². The number of nitrogens with one attached hydrogen (secondary N) is 2. The lowest BCUT2D eigenvalue weighted by atomic mass is 10.2. The third-order valence-electron chi connectivity index (χ3n) is 1.98. The first-order valence-corrected chi connectivity index (χ1v) is 4.88. The summed E-state index contributed by atoms with van der Waals surface area (Å²) in [6.45, 7) is 0. The predicted octanol–water partition coefficient (Wildman–Crippen LogP) is 0.921. The second kappa shape index (κ2) is 4.93. The molecule has 1 aromatic carbocycles. The minimum absolute atomic E-state index is 0.132. The van der Waals surface area contributed by atoms with Crippen LogP contribution >= 0.6 is 0 Å². The smallest absolute Gasteiger partial charge is 0.252 e. The van der Waals surface area contributed by atoms with Gasteiger partial charge < -0.3 is 5.11 Å². The van der Waals surface area contributed by atoms with Gasteiger partial charge in [-0.1, -0.05) is 12.1 Å². The van der Waals surface area contributed by atoms with E-state index in [9.17, 15) is 9.90 Å². The molecule has 0 aliphatic rings.